The van der Waals surface area contributed by atoms with Crippen LogP contribution >= 0.6 is 0 Å². The van der Waals surface area contributed by atoms with E-state index < -0.39 is 0 Å². The molecule has 1 N–H and O–H groups in total. The van der Waals surface area contributed by atoms with Crippen molar-refractivity contribution in [1.82, 2.24) is 5.32 Å². The minimum Gasteiger partial charge on any atom is -0.316 e. The van der Waals surface area contributed by atoms with Gasteiger partial charge in [0.1, 0.15) is 0 Å². The average Bonchev–Trinajstić information content (AvgIpc) is 2.01. The van der Waals surface area contributed by atoms with E-state index in [1.165, 1.54) is 25.9 Å². The molecule has 1 aliphatic rings. The summed E-state index contributed by atoms with van der Waals surface area (Å²) < 4.78 is 0. The Bertz CT molecular complexity index is 140. The van der Waals surface area contributed by atoms with Gasteiger partial charge in [0.05, 0.1) is 0 Å². The molecule has 0 aromatic carbocycles. The van der Waals surface area contributed by atoms with Crippen LogP contribution in [0.15, 0.2) is 0 Å². The summed E-state index contributed by atoms with van der Waals surface area (Å²) in [6.07, 6.45) is 2.72. The smallest absolute Gasteiger partial charge is 0.000275 e. The Kier molecular flexibility index (Phi) is 3.16. The average molecular weight is 169 g/mol. The first kappa shape index (κ1) is 10.0. The summed E-state index contributed by atoms with van der Waals surface area (Å²) in [4.78, 5) is 0. The van der Waals surface area contributed by atoms with Gasteiger partial charge in [-0.1, -0.05) is 34.1 Å². The third kappa shape index (κ3) is 2.48. The normalized spacial score (nSPS) is 31.5. The van der Waals surface area contributed by atoms with E-state index in [1.54, 1.807) is 0 Å². The molecule has 1 fully saturated rings. The number of rotatable bonds is 2. The van der Waals surface area contributed by atoms with Crippen molar-refractivity contribution in [2.75, 3.05) is 13.1 Å². The second kappa shape index (κ2) is 3.78. The minimum atomic E-state index is 0.520. The monoisotopic (exact) mass is 169 g/mol. The topological polar surface area (TPSA) is 12.0 Å². The van der Waals surface area contributed by atoms with E-state index in [0.29, 0.717) is 5.41 Å². The molecule has 0 saturated carbocycles. The van der Waals surface area contributed by atoms with Crippen LogP contribution in [0.2, 0.25) is 0 Å². The zero-order chi connectivity index (χ0) is 9.19. The van der Waals surface area contributed by atoms with E-state index >= 15 is 0 Å². The maximum atomic E-state index is 3.54. The highest BCUT2D eigenvalue weighted by atomic mass is 14.9. The molecule has 0 aromatic rings. The predicted molar refractivity (Wildman–Crippen MR) is 54.2 cm³/mol. The van der Waals surface area contributed by atoms with Crippen LogP contribution in [0.25, 0.3) is 0 Å². The van der Waals surface area contributed by atoms with Gasteiger partial charge in [-0.2, -0.15) is 0 Å². The van der Waals surface area contributed by atoms with Gasteiger partial charge >= 0.3 is 0 Å². The summed E-state index contributed by atoms with van der Waals surface area (Å²) in [5, 5.41) is 3.54. The number of hydrogen-bond donors (Lipinski definition) is 1. The van der Waals surface area contributed by atoms with Gasteiger partial charge in [-0.25, -0.2) is 0 Å². The van der Waals surface area contributed by atoms with Crippen LogP contribution in [-0.2, 0) is 0 Å². The summed E-state index contributed by atoms with van der Waals surface area (Å²) in [6, 6.07) is 0. The largest absolute Gasteiger partial charge is 0.316 e. The Labute approximate surface area is 76.9 Å². The van der Waals surface area contributed by atoms with Crippen LogP contribution in [0.5, 0.6) is 0 Å². The summed E-state index contributed by atoms with van der Waals surface area (Å²) in [5.41, 5.74) is 0.520. The maximum absolute atomic E-state index is 3.54. The van der Waals surface area contributed by atoms with E-state index in [-0.39, 0.29) is 0 Å². The van der Waals surface area contributed by atoms with Crippen molar-refractivity contribution in [1.29, 1.82) is 0 Å². The minimum absolute atomic E-state index is 0.520. The van der Waals surface area contributed by atoms with Gasteiger partial charge in [-0.05, 0) is 30.2 Å². The Hall–Kier alpha value is -0.0400. The molecule has 12 heavy (non-hydrogen) atoms. The van der Waals surface area contributed by atoms with Crippen molar-refractivity contribution in [2.45, 2.75) is 40.5 Å². The third-order valence-corrected chi connectivity index (χ3v) is 3.27. The number of hydrogen-bond acceptors (Lipinski definition) is 1. The molecule has 0 aliphatic carbocycles. The third-order valence-electron chi connectivity index (χ3n) is 3.27. The summed E-state index contributed by atoms with van der Waals surface area (Å²) in [6.45, 7) is 11.8. The van der Waals surface area contributed by atoms with E-state index in [4.69, 9.17) is 0 Å². The van der Waals surface area contributed by atoms with Crippen molar-refractivity contribution >= 4 is 0 Å². The first-order valence-electron chi connectivity index (χ1n) is 5.26. The Morgan fingerprint density at radius 3 is 2.67 bits per heavy atom. The van der Waals surface area contributed by atoms with E-state index in [0.717, 1.165) is 11.8 Å². The molecule has 0 amide bonds. The van der Waals surface area contributed by atoms with Gasteiger partial charge in [0.15, 0.2) is 0 Å². The Morgan fingerprint density at radius 1 is 1.50 bits per heavy atom. The molecule has 0 radical (unpaired) electrons. The summed E-state index contributed by atoms with van der Waals surface area (Å²) in [7, 11) is 0. The molecule has 1 saturated heterocycles. The first-order chi connectivity index (χ1) is 5.55. The highest BCUT2D eigenvalue weighted by Gasteiger charge is 2.29. The van der Waals surface area contributed by atoms with Gasteiger partial charge in [-0.3, -0.25) is 0 Å². The molecule has 0 aromatic heterocycles. The summed E-state index contributed by atoms with van der Waals surface area (Å²) >= 11 is 0. The standard InChI is InChI=1S/C11H23N/c1-5-9(2)10-6-11(3,4)8-12-7-10/h9-10,12H,5-8H2,1-4H3. The fraction of sp³-hybridized carbons (Fsp3) is 1.00. The SMILES string of the molecule is CCC(C)C1CNCC(C)(C)C1. The van der Waals surface area contributed by atoms with Crippen molar-refractivity contribution < 1.29 is 0 Å². The molecular weight excluding hydrogens is 146 g/mol. The van der Waals surface area contributed by atoms with Crippen molar-refractivity contribution in [3.63, 3.8) is 0 Å². The van der Waals surface area contributed by atoms with Crippen molar-refractivity contribution in [3.8, 4) is 0 Å². The molecular formula is C11H23N. The Morgan fingerprint density at radius 2 is 2.17 bits per heavy atom. The van der Waals surface area contributed by atoms with Crippen LogP contribution in [0.3, 0.4) is 0 Å². The zero-order valence-corrected chi connectivity index (χ0v) is 8.98. The van der Waals surface area contributed by atoms with Gasteiger partial charge < -0.3 is 5.32 Å². The van der Waals surface area contributed by atoms with Crippen LogP contribution in [-0.4, -0.2) is 13.1 Å². The van der Waals surface area contributed by atoms with Crippen LogP contribution < -0.4 is 5.32 Å². The van der Waals surface area contributed by atoms with E-state index in [1.807, 2.05) is 0 Å². The summed E-state index contributed by atoms with van der Waals surface area (Å²) in [5.74, 6) is 1.79. The molecule has 1 aliphatic heterocycles. The van der Waals surface area contributed by atoms with Gasteiger partial charge in [0, 0.05) is 6.54 Å². The Balaban J connectivity index is 2.46. The van der Waals surface area contributed by atoms with Gasteiger partial charge in [0.2, 0.25) is 0 Å². The van der Waals surface area contributed by atoms with Crippen molar-refractivity contribution in [2.24, 2.45) is 17.3 Å². The zero-order valence-electron chi connectivity index (χ0n) is 8.98. The number of nitrogens with one attached hydrogen (secondary N) is 1. The molecule has 1 heterocycles. The second-order valence-electron chi connectivity index (χ2n) is 5.14. The predicted octanol–water partition coefficient (Wildman–Crippen LogP) is 2.67. The fourth-order valence-corrected chi connectivity index (χ4v) is 2.19. The highest BCUT2D eigenvalue weighted by Crippen LogP contribution is 2.32. The van der Waals surface area contributed by atoms with E-state index in [2.05, 4.69) is 33.0 Å². The van der Waals surface area contributed by atoms with Crippen LogP contribution in [0.1, 0.15) is 40.5 Å². The highest BCUT2D eigenvalue weighted by molar-refractivity contribution is 4.84. The first-order valence-corrected chi connectivity index (χ1v) is 5.26. The molecule has 0 spiro atoms. The van der Waals surface area contributed by atoms with Crippen LogP contribution in [0, 0.1) is 17.3 Å². The molecule has 1 rings (SSSR count). The molecule has 2 atom stereocenters. The lowest BCUT2D eigenvalue weighted by atomic mass is 9.74. The fourth-order valence-electron chi connectivity index (χ4n) is 2.19. The molecule has 2 unspecified atom stereocenters. The lowest BCUT2D eigenvalue weighted by molar-refractivity contribution is 0.156. The second-order valence-corrected chi connectivity index (χ2v) is 5.14. The maximum Gasteiger partial charge on any atom is 0.000275 e. The molecule has 1 heteroatoms. The lowest BCUT2D eigenvalue weighted by Gasteiger charge is -2.38. The quantitative estimate of drug-likeness (QED) is 0.670. The van der Waals surface area contributed by atoms with Gasteiger partial charge in [0.25, 0.3) is 0 Å². The number of piperidine rings is 1. The van der Waals surface area contributed by atoms with Crippen molar-refractivity contribution in [3.05, 3.63) is 0 Å². The molecule has 72 valence electrons. The van der Waals surface area contributed by atoms with Gasteiger partial charge in [-0.15, -0.1) is 0 Å². The lowest BCUT2D eigenvalue weighted by Crippen LogP contribution is -2.43. The molecule has 1 nitrogen and oxygen atoms in total. The van der Waals surface area contributed by atoms with Crippen LogP contribution in [0.4, 0.5) is 0 Å². The molecule has 0 bridgehead atoms. The van der Waals surface area contributed by atoms with E-state index in [9.17, 15) is 0 Å².